The Bertz CT molecular complexity index is 835. The number of carbonyl (C=O) groups is 1. The molecule has 1 heterocycles. The minimum Gasteiger partial charge on any atom is -0.364 e. The Kier molecular flexibility index (Phi) is 4.29. The van der Waals surface area contributed by atoms with Gasteiger partial charge in [0.1, 0.15) is 5.67 Å². The largest absolute Gasteiger partial charge is 0.364 e. The molecule has 1 aromatic rings. The molecule has 0 radical (unpaired) electrons. The van der Waals surface area contributed by atoms with Gasteiger partial charge in [-0.2, -0.15) is 0 Å². The van der Waals surface area contributed by atoms with E-state index < -0.39 is 5.67 Å². The fourth-order valence-electron chi connectivity index (χ4n) is 6.94. The van der Waals surface area contributed by atoms with Crippen molar-refractivity contribution in [2.75, 3.05) is 0 Å². The second-order valence-electron chi connectivity index (χ2n) is 9.54. The molecule has 6 rings (SSSR count). The number of nitrogens with one attached hydrogen (secondary N) is 1. The van der Waals surface area contributed by atoms with Gasteiger partial charge in [-0.05, 0) is 80.8 Å². The summed E-state index contributed by atoms with van der Waals surface area (Å²) in [5.74, 6) is 1.21. The van der Waals surface area contributed by atoms with Crippen LogP contribution in [0, 0.1) is 17.8 Å². The average Bonchev–Trinajstić information content (AvgIpc) is 3.05. The summed E-state index contributed by atoms with van der Waals surface area (Å²) >= 11 is 0. The van der Waals surface area contributed by atoms with Crippen LogP contribution in [0.5, 0.6) is 0 Å². The summed E-state index contributed by atoms with van der Waals surface area (Å²) in [7, 11) is 0. The van der Waals surface area contributed by atoms with Crippen molar-refractivity contribution in [1.29, 1.82) is 0 Å². The van der Waals surface area contributed by atoms with Crippen molar-refractivity contribution in [3.05, 3.63) is 41.2 Å². The van der Waals surface area contributed by atoms with Crippen LogP contribution >= 0.6 is 0 Å². The first-order valence-electron chi connectivity index (χ1n) is 11.0. The first-order chi connectivity index (χ1) is 13.5. The van der Waals surface area contributed by atoms with E-state index >= 15 is 4.39 Å². The number of aryl methyl sites for hydroxylation is 1. The Labute approximate surface area is 167 Å². The molecule has 1 N–H and O–H groups in total. The van der Waals surface area contributed by atoms with E-state index in [-0.39, 0.29) is 11.9 Å². The molecule has 0 aromatic carbocycles. The molecule has 5 aliphatic rings. The molecular formula is C24H31FN2O. The normalized spacial score (nSPS) is 36.2. The second-order valence-corrected chi connectivity index (χ2v) is 9.54. The lowest BCUT2D eigenvalue weighted by atomic mass is 9.52. The fourth-order valence-corrected chi connectivity index (χ4v) is 6.94. The molecule has 4 bridgehead atoms. The van der Waals surface area contributed by atoms with Crippen LogP contribution in [0.3, 0.4) is 0 Å². The molecule has 0 aliphatic heterocycles. The third-order valence-corrected chi connectivity index (χ3v) is 7.68. The van der Waals surface area contributed by atoms with Gasteiger partial charge in [0.05, 0.1) is 5.70 Å². The number of fused-ring (bicyclic) bond motifs is 1. The van der Waals surface area contributed by atoms with Crippen molar-refractivity contribution >= 4 is 11.6 Å². The first kappa shape index (κ1) is 18.2. The zero-order valence-electron chi connectivity index (χ0n) is 17.0. The predicted molar refractivity (Wildman–Crippen MR) is 109 cm³/mol. The lowest BCUT2D eigenvalue weighted by molar-refractivity contribution is -0.144. The Morgan fingerprint density at radius 2 is 2.04 bits per heavy atom. The molecule has 2 atom stereocenters. The molecule has 1 amide bonds. The number of halogens is 1. The monoisotopic (exact) mass is 382 g/mol. The summed E-state index contributed by atoms with van der Waals surface area (Å²) in [6, 6.07) is 2.27. The SMILES string of the molecule is CCC1=C(N(C(C)=O)C2C3CC4CC2CC(F)(C4)C3)c2cc[nH]c2CCC=C1. The van der Waals surface area contributed by atoms with E-state index in [2.05, 4.69) is 35.0 Å². The van der Waals surface area contributed by atoms with Crippen LogP contribution in [0.15, 0.2) is 30.0 Å². The predicted octanol–water partition coefficient (Wildman–Crippen LogP) is 5.40. The molecule has 0 saturated heterocycles. The van der Waals surface area contributed by atoms with Crippen molar-refractivity contribution in [2.24, 2.45) is 17.8 Å². The second kappa shape index (κ2) is 6.60. The van der Waals surface area contributed by atoms with E-state index in [9.17, 15) is 4.79 Å². The summed E-state index contributed by atoms with van der Waals surface area (Å²) in [6.07, 6.45) is 13.5. The summed E-state index contributed by atoms with van der Waals surface area (Å²) < 4.78 is 15.3. The molecule has 4 heteroatoms. The number of nitrogens with zero attached hydrogens (tertiary/aromatic N) is 1. The molecule has 0 spiro atoms. The Morgan fingerprint density at radius 3 is 2.68 bits per heavy atom. The molecular weight excluding hydrogens is 351 g/mol. The number of aromatic nitrogens is 1. The molecule has 2 unspecified atom stereocenters. The number of amides is 1. The number of rotatable bonds is 3. The van der Waals surface area contributed by atoms with Gasteiger partial charge in [-0.25, -0.2) is 4.39 Å². The Hall–Kier alpha value is -1.84. The van der Waals surface area contributed by atoms with Crippen molar-refractivity contribution in [3.63, 3.8) is 0 Å². The third-order valence-electron chi connectivity index (χ3n) is 7.68. The van der Waals surface area contributed by atoms with Crippen LogP contribution in [0.25, 0.3) is 5.70 Å². The number of aromatic amines is 1. The minimum absolute atomic E-state index is 0.104. The van der Waals surface area contributed by atoms with E-state index in [0.717, 1.165) is 44.2 Å². The van der Waals surface area contributed by atoms with Crippen LogP contribution < -0.4 is 0 Å². The number of hydrogen-bond donors (Lipinski definition) is 1. The van der Waals surface area contributed by atoms with Gasteiger partial charge in [-0.15, -0.1) is 0 Å². The summed E-state index contributed by atoms with van der Waals surface area (Å²) in [5.41, 5.74) is 3.70. The smallest absolute Gasteiger partial charge is 0.224 e. The van der Waals surface area contributed by atoms with Crippen molar-refractivity contribution < 1.29 is 9.18 Å². The fraction of sp³-hybridized carbons (Fsp3) is 0.625. The standard InChI is InChI=1S/C24H31FN2O/c1-3-17-6-4-5-7-21-20(8-9-26-21)23(17)27(15(2)28)22-18-10-16-11-19(22)14-24(25,12-16)13-18/h4,6,8-9,16,18-19,22,26H,3,5,7,10-14H2,1-2H3. The van der Waals surface area contributed by atoms with Crippen molar-refractivity contribution in [2.45, 2.75) is 76.9 Å². The highest BCUT2D eigenvalue weighted by atomic mass is 19.1. The van der Waals surface area contributed by atoms with Crippen LogP contribution in [-0.2, 0) is 11.2 Å². The van der Waals surface area contributed by atoms with E-state index in [4.69, 9.17) is 0 Å². The highest BCUT2D eigenvalue weighted by Gasteiger charge is 2.58. The van der Waals surface area contributed by atoms with Gasteiger partial charge in [0.15, 0.2) is 0 Å². The molecule has 4 fully saturated rings. The molecule has 28 heavy (non-hydrogen) atoms. The van der Waals surface area contributed by atoms with Crippen molar-refractivity contribution in [3.8, 4) is 0 Å². The van der Waals surface area contributed by atoms with Gasteiger partial charge in [0.25, 0.3) is 0 Å². The molecule has 5 aliphatic carbocycles. The van der Waals surface area contributed by atoms with Gasteiger partial charge >= 0.3 is 0 Å². The number of carbonyl (C=O) groups excluding carboxylic acids is 1. The highest BCUT2D eigenvalue weighted by molar-refractivity contribution is 5.88. The quantitative estimate of drug-likeness (QED) is 0.746. The maximum absolute atomic E-state index is 15.3. The lowest BCUT2D eigenvalue weighted by Crippen LogP contribution is -2.60. The maximum atomic E-state index is 15.3. The molecule has 1 aromatic heterocycles. The van der Waals surface area contributed by atoms with Crippen LogP contribution in [-0.4, -0.2) is 27.5 Å². The van der Waals surface area contributed by atoms with E-state index in [0.29, 0.717) is 30.6 Å². The Morgan fingerprint density at radius 1 is 1.29 bits per heavy atom. The van der Waals surface area contributed by atoms with E-state index in [1.165, 1.54) is 16.8 Å². The molecule has 3 nitrogen and oxygen atoms in total. The van der Waals surface area contributed by atoms with E-state index in [1.807, 2.05) is 6.20 Å². The molecule has 150 valence electrons. The van der Waals surface area contributed by atoms with Gasteiger partial charge in [-0.1, -0.05) is 19.1 Å². The van der Waals surface area contributed by atoms with Gasteiger partial charge < -0.3 is 9.88 Å². The third kappa shape index (κ3) is 2.79. The van der Waals surface area contributed by atoms with Gasteiger partial charge in [0, 0.05) is 30.4 Å². The number of hydrogen-bond acceptors (Lipinski definition) is 1. The van der Waals surface area contributed by atoms with Crippen LogP contribution in [0.4, 0.5) is 4.39 Å². The zero-order chi connectivity index (χ0) is 19.5. The number of H-pyrrole nitrogens is 1. The zero-order valence-corrected chi connectivity index (χ0v) is 17.0. The topological polar surface area (TPSA) is 36.1 Å². The van der Waals surface area contributed by atoms with E-state index in [1.54, 1.807) is 6.92 Å². The molecule has 4 saturated carbocycles. The number of alkyl halides is 1. The summed E-state index contributed by atoms with van der Waals surface area (Å²) in [5, 5.41) is 0. The average molecular weight is 383 g/mol. The summed E-state index contributed by atoms with van der Waals surface area (Å²) in [6.45, 7) is 3.87. The highest BCUT2D eigenvalue weighted by Crippen LogP contribution is 2.59. The van der Waals surface area contributed by atoms with Gasteiger partial charge in [0.2, 0.25) is 5.91 Å². The maximum Gasteiger partial charge on any atom is 0.224 e. The first-order valence-corrected chi connectivity index (χ1v) is 11.0. The minimum atomic E-state index is -0.975. The summed E-state index contributed by atoms with van der Waals surface area (Å²) in [4.78, 5) is 18.6. The van der Waals surface area contributed by atoms with Crippen molar-refractivity contribution in [1.82, 2.24) is 9.88 Å². The lowest BCUT2D eigenvalue weighted by Gasteiger charge is -2.59. The Balaban J connectivity index is 1.63. The van der Waals surface area contributed by atoms with Crippen LogP contribution in [0.1, 0.15) is 70.1 Å². The number of allylic oxidation sites excluding steroid dienone is 3. The van der Waals surface area contributed by atoms with Crippen LogP contribution in [0.2, 0.25) is 0 Å². The van der Waals surface area contributed by atoms with Gasteiger partial charge in [-0.3, -0.25) is 4.79 Å².